The second kappa shape index (κ2) is 6.22. The largest absolute Gasteiger partial charge is 0.373 e. The molecule has 3 unspecified atom stereocenters. The monoisotopic (exact) mass is 313 g/mol. The van der Waals surface area contributed by atoms with Crippen LogP contribution in [-0.2, 0) is 9.47 Å². The van der Waals surface area contributed by atoms with Crippen LogP contribution in [0.3, 0.4) is 0 Å². The van der Waals surface area contributed by atoms with Gasteiger partial charge in [-0.05, 0) is 37.5 Å². The first-order valence-electron chi connectivity index (χ1n) is 8.04. The molecule has 6 heteroatoms. The molecule has 1 aromatic carbocycles. The zero-order valence-corrected chi connectivity index (χ0v) is 12.8. The number of aromatic nitrogens is 2. The van der Waals surface area contributed by atoms with E-state index in [2.05, 4.69) is 15.3 Å². The van der Waals surface area contributed by atoms with Gasteiger partial charge in [-0.15, -0.1) is 0 Å². The quantitative estimate of drug-likeness (QED) is 0.913. The summed E-state index contributed by atoms with van der Waals surface area (Å²) < 4.78 is 11.5. The zero-order chi connectivity index (χ0) is 15.6. The maximum atomic E-state index is 12.5. The van der Waals surface area contributed by atoms with Gasteiger partial charge in [0, 0.05) is 24.0 Å². The number of hydrogen-bond donors (Lipinski definition) is 1. The van der Waals surface area contributed by atoms with Crippen LogP contribution in [-0.4, -0.2) is 47.3 Å². The molecule has 120 valence electrons. The van der Waals surface area contributed by atoms with Crippen LogP contribution in [0.4, 0.5) is 0 Å². The molecular weight excluding hydrogens is 294 g/mol. The minimum Gasteiger partial charge on any atom is -0.373 e. The SMILES string of the molecule is O=C(NC1CCC2OCCOC2C1)c1ccc2nccnc2c1. The fraction of sp³-hybridized carbons (Fsp3) is 0.471. The Morgan fingerprint density at radius 1 is 1.04 bits per heavy atom. The van der Waals surface area contributed by atoms with Crippen LogP contribution < -0.4 is 5.32 Å². The highest BCUT2D eigenvalue weighted by atomic mass is 16.6. The highest BCUT2D eigenvalue weighted by Crippen LogP contribution is 2.27. The van der Waals surface area contributed by atoms with Crippen LogP contribution in [0, 0.1) is 0 Å². The number of rotatable bonds is 2. The van der Waals surface area contributed by atoms with Crippen LogP contribution in [0.25, 0.3) is 11.0 Å². The molecular formula is C17H19N3O3. The molecule has 6 nitrogen and oxygen atoms in total. The van der Waals surface area contributed by atoms with Crippen LogP contribution in [0.1, 0.15) is 29.6 Å². The Morgan fingerprint density at radius 2 is 1.83 bits per heavy atom. The fourth-order valence-corrected chi connectivity index (χ4v) is 3.37. The third-order valence-electron chi connectivity index (χ3n) is 4.55. The zero-order valence-electron chi connectivity index (χ0n) is 12.8. The molecule has 23 heavy (non-hydrogen) atoms. The lowest BCUT2D eigenvalue weighted by molar-refractivity contribution is -0.157. The summed E-state index contributed by atoms with van der Waals surface area (Å²) in [4.78, 5) is 20.9. The molecule has 0 bridgehead atoms. The average Bonchev–Trinajstić information content (AvgIpc) is 2.61. The van der Waals surface area contributed by atoms with Crippen molar-refractivity contribution in [1.82, 2.24) is 15.3 Å². The summed E-state index contributed by atoms with van der Waals surface area (Å²) >= 11 is 0. The van der Waals surface area contributed by atoms with Gasteiger partial charge in [0.15, 0.2) is 0 Å². The van der Waals surface area contributed by atoms with Crippen LogP contribution in [0.5, 0.6) is 0 Å². The molecule has 3 atom stereocenters. The standard InChI is InChI=1S/C17H19N3O3/c21-17(11-1-3-13-14(9-11)19-6-5-18-13)20-12-2-4-15-16(10-12)23-8-7-22-15/h1,3,5-6,9,12,15-16H,2,4,7-8,10H2,(H,20,21). The third-order valence-corrected chi connectivity index (χ3v) is 4.55. The summed E-state index contributed by atoms with van der Waals surface area (Å²) in [5.41, 5.74) is 2.13. The molecule has 0 radical (unpaired) electrons. The first kappa shape index (κ1) is 14.5. The minimum absolute atomic E-state index is 0.0715. The summed E-state index contributed by atoms with van der Waals surface area (Å²) in [5.74, 6) is -0.0715. The van der Waals surface area contributed by atoms with E-state index in [1.54, 1.807) is 24.5 Å². The number of nitrogens with one attached hydrogen (secondary N) is 1. The number of amides is 1. The number of ether oxygens (including phenoxy) is 2. The first-order chi connectivity index (χ1) is 11.3. The average molecular weight is 313 g/mol. The van der Waals surface area contributed by atoms with Gasteiger partial charge in [-0.2, -0.15) is 0 Å². The lowest BCUT2D eigenvalue weighted by atomic mass is 9.89. The molecule has 4 rings (SSSR count). The van der Waals surface area contributed by atoms with Gasteiger partial charge in [0.05, 0.1) is 36.5 Å². The molecule has 1 aliphatic heterocycles. The van der Waals surface area contributed by atoms with E-state index in [-0.39, 0.29) is 24.2 Å². The number of carbonyl (C=O) groups is 1. The van der Waals surface area contributed by atoms with E-state index < -0.39 is 0 Å². The molecule has 1 aromatic heterocycles. The van der Waals surface area contributed by atoms with E-state index in [4.69, 9.17) is 9.47 Å². The van der Waals surface area contributed by atoms with Crippen molar-refractivity contribution >= 4 is 16.9 Å². The molecule has 2 fully saturated rings. The van der Waals surface area contributed by atoms with E-state index in [1.807, 2.05) is 6.07 Å². The number of hydrogen-bond acceptors (Lipinski definition) is 5. The summed E-state index contributed by atoms with van der Waals surface area (Å²) in [7, 11) is 0. The van der Waals surface area contributed by atoms with Crippen molar-refractivity contribution in [1.29, 1.82) is 0 Å². The smallest absolute Gasteiger partial charge is 0.251 e. The van der Waals surface area contributed by atoms with Gasteiger partial charge in [-0.1, -0.05) is 0 Å². The summed E-state index contributed by atoms with van der Waals surface area (Å²) in [5, 5.41) is 3.11. The molecule has 2 heterocycles. The Bertz CT molecular complexity index is 721. The number of benzene rings is 1. The van der Waals surface area contributed by atoms with Gasteiger partial charge in [0.1, 0.15) is 0 Å². The number of carbonyl (C=O) groups excluding carboxylic acids is 1. The van der Waals surface area contributed by atoms with Gasteiger partial charge in [0.2, 0.25) is 0 Å². The van der Waals surface area contributed by atoms with E-state index in [1.165, 1.54) is 0 Å². The van der Waals surface area contributed by atoms with Crippen molar-refractivity contribution < 1.29 is 14.3 Å². The Kier molecular flexibility index (Phi) is 3.93. The predicted octanol–water partition coefficient (Wildman–Crippen LogP) is 1.70. The summed E-state index contributed by atoms with van der Waals surface area (Å²) in [6, 6.07) is 5.52. The van der Waals surface area contributed by atoms with Crippen LogP contribution in [0.2, 0.25) is 0 Å². The van der Waals surface area contributed by atoms with Gasteiger partial charge in [-0.3, -0.25) is 14.8 Å². The highest BCUT2D eigenvalue weighted by Gasteiger charge is 2.34. The molecule has 1 saturated heterocycles. The van der Waals surface area contributed by atoms with Crippen molar-refractivity contribution in [2.75, 3.05) is 13.2 Å². The molecule has 2 aromatic rings. The Hall–Kier alpha value is -2.05. The van der Waals surface area contributed by atoms with Crippen molar-refractivity contribution in [2.45, 2.75) is 37.5 Å². The van der Waals surface area contributed by atoms with Gasteiger partial charge >= 0.3 is 0 Å². The third kappa shape index (κ3) is 3.04. The molecule has 1 aliphatic carbocycles. The van der Waals surface area contributed by atoms with Crippen molar-refractivity contribution in [3.63, 3.8) is 0 Å². The van der Waals surface area contributed by atoms with Crippen molar-refractivity contribution in [2.24, 2.45) is 0 Å². The van der Waals surface area contributed by atoms with Crippen molar-refractivity contribution in [3.05, 3.63) is 36.2 Å². The minimum atomic E-state index is -0.0715. The maximum Gasteiger partial charge on any atom is 0.251 e. The van der Waals surface area contributed by atoms with E-state index in [0.717, 1.165) is 30.3 Å². The first-order valence-corrected chi connectivity index (χ1v) is 8.04. The molecule has 1 N–H and O–H groups in total. The van der Waals surface area contributed by atoms with E-state index >= 15 is 0 Å². The Morgan fingerprint density at radius 3 is 2.70 bits per heavy atom. The second-order valence-electron chi connectivity index (χ2n) is 6.06. The van der Waals surface area contributed by atoms with Gasteiger partial charge in [-0.25, -0.2) is 0 Å². The lowest BCUT2D eigenvalue weighted by Gasteiger charge is -2.39. The van der Waals surface area contributed by atoms with E-state index in [0.29, 0.717) is 18.8 Å². The topological polar surface area (TPSA) is 73.3 Å². The molecule has 1 amide bonds. The molecule has 0 spiro atoms. The van der Waals surface area contributed by atoms with Crippen molar-refractivity contribution in [3.8, 4) is 0 Å². The summed E-state index contributed by atoms with van der Waals surface area (Å²) in [6.45, 7) is 1.32. The lowest BCUT2D eigenvalue weighted by Crippen LogP contribution is -2.49. The summed E-state index contributed by atoms with van der Waals surface area (Å²) in [6.07, 6.45) is 6.23. The Balaban J connectivity index is 1.44. The van der Waals surface area contributed by atoms with Gasteiger partial charge < -0.3 is 14.8 Å². The fourth-order valence-electron chi connectivity index (χ4n) is 3.37. The van der Waals surface area contributed by atoms with Gasteiger partial charge in [0.25, 0.3) is 5.91 Å². The highest BCUT2D eigenvalue weighted by molar-refractivity contribution is 5.97. The Labute approximate surface area is 134 Å². The molecule has 2 aliphatic rings. The van der Waals surface area contributed by atoms with Crippen LogP contribution in [0.15, 0.2) is 30.6 Å². The predicted molar refractivity (Wildman–Crippen MR) is 84.1 cm³/mol. The second-order valence-corrected chi connectivity index (χ2v) is 6.06. The molecule has 1 saturated carbocycles. The number of fused-ring (bicyclic) bond motifs is 2. The van der Waals surface area contributed by atoms with E-state index in [9.17, 15) is 4.79 Å². The number of nitrogens with zero attached hydrogens (tertiary/aromatic N) is 2. The van der Waals surface area contributed by atoms with Crippen LogP contribution >= 0.6 is 0 Å². The normalized spacial score (nSPS) is 27.4. The maximum absolute atomic E-state index is 12.5.